The zero-order chi connectivity index (χ0) is 12.0. The first kappa shape index (κ1) is 13.8. The number of hydrogen-bond acceptors (Lipinski definition) is 2. The van der Waals surface area contributed by atoms with Crippen LogP contribution in [0.4, 0.5) is 0 Å². The molecule has 94 valence electrons. The van der Waals surface area contributed by atoms with Gasteiger partial charge in [0.2, 0.25) is 5.91 Å². The van der Waals surface area contributed by atoms with Gasteiger partial charge in [-0.2, -0.15) is 0 Å². The summed E-state index contributed by atoms with van der Waals surface area (Å²) in [6.07, 6.45) is 5.14. The summed E-state index contributed by atoms with van der Waals surface area (Å²) in [7, 11) is 1.63. The lowest BCUT2D eigenvalue weighted by molar-refractivity contribution is -0.129. The molecule has 1 saturated carbocycles. The maximum absolute atomic E-state index is 11.9. The maximum Gasteiger partial charge on any atom is 0.225 e. The minimum Gasteiger partial charge on any atom is -0.383 e. The largest absolute Gasteiger partial charge is 0.383 e. The van der Waals surface area contributed by atoms with Gasteiger partial charge in [-0.05, 0) is 19.3 Å². The van der Waals surface area contributed by atoms with Crippen molar-refractivity contribution in [2.45, 2.75) is 44.4 Å². The molecule has 1 unspecified atom stereocenters. The average Bonchev–Trinajstić information content (AvgIpc) is 2.67. The van der Waals surface area contributed by atoms with Gasteiger partial charge in [0.25, 0.3) is 0 Å². The summed E-state index contributed by atoms with van der Waals surface area (Å²) in [5.41, 5.74) is -0.136. The highest BCUT2D eigenvalue weighted by Gasteiger charge is 2.35. The number of methoxy groups -OCH3 is 1. The minimum atomic E-state index is -0.136. The van der Waals surface area contributed by atoms with E-state index in [0.29, 0.717) is 13.2 Å². The first-order valence-corrected chi connectivity index (χ1v) is 6.43. The fourth-order valence-electron chi connectivity index (χ4n) is 2.20. The van der Waals surface area contributed by atoms with Crippen LogP contribution in [0.15, 0.2) is 0 Å². The van der Waals surface area contributed by atoms with Crippen molar-refractivity contribution in [3.63, 3.8) is 0 Å². The molecular weight excluding hydrogens is 226 g/mol. The molecule has 4 heteroatoms. The Balaban J connectivity index is 2.19. The quantitative estimate of drug-likeness (QED) is 0.732. The molecule has 1 atom stereocenters. The van der Waals surface area contributed by atoms with Crippen LogP contribution >= 0.6 is 11.6 Å². The number of carbonyl (C=O) groups is 1. The van der Waals surface area contributed by atoms with Crippen LogP contribution < -0.4 is 5.32 Å². The van der Waals surface area contributed by atoms with Crippen LogP contribution in [0, 0.1) is 5.41 Å². The Labute approximate surface area is 103 Å². The zero-order valence-electron chi connectivity index (χ0n) is 10.2. The smallest absolute Gasteiger partial charge is 0.225 e. The topological polar surface area (TPSA) is 38.3 Å². The Morgan fingerprint density at radius 3 is 2.69 bits per heavy atom. The minimum absolute atomic E-state index is 0.0123. The van der Waals surface area contributed by atoms with Crippen molar-refractivity contribution in [3.8, 4) is 0 Å². The van der Waals surface area contributed by atoms with E-state index in [2.05, 4.69) is 12.2 Å². The van der Waals surface area contributed by atoms with Crippen LogP contribution in [0.1, 0.15) is 39.0 Å². The van der Waals surface area contributed by atoms with Gasteiger partial charge in [-0.3, -0.25) is 4.79 Å². The predicted octanol–water partition coefficient (Wildman–Crippen LogP) is 2.33. The van der Waals surface area contributed by atoms with Gasteiger partial charge in [0.15, 0.2) is 0 Å². The summed E-state index contributed by atoms with van der Waals surface area (Å²) in [5.74, 6) is 0.186. The second kappa shape index (κ2) is 6.45. The lowest BCUT2D eigenvalue weighted by Gasteiger charge is -2.22. The first-order valence-electron chi connectivity index (χ1n) is 6.00. The number of amides is 1. The van der Waals surface area contributed by atoms with Crippen molar-refractivity contribution >= 4 is 17.5 Å². The summed E-state index contributed by atoms with van der Waals surface area (Å²) in [6.45, 7) is 3.24. The van der Waals surface area contributed by atoms with E-state index in [1.165, 1.54) is 12.8 Å². The molecule has 16 heavy (non-hydrogen) atoms. The molecule has 0 spiro atoms. The molecule has 0 aliphatic heterocycles. The van der Waals surface area contributed by atoms with Gasteiger partial charge in [-0.1, -0.05) is 19.8 Å². The zero-order valence-corrected chi connectivity index (χ0v) is 11.0. The van der Waals surface area contributed by atoms with Gasteiger partial charge in [0.1, 0.15) is 0 Å². The molecule has 0 aromatic carbocycles. The Hall–Kier alpha value is -0.280. The van der Waals surface area contributed by atoms with Crippen molar-refractivity contribution < 1.29 is 9.53 Å². The van der Waals surface area contributed by atoms with Crippen LogP contribution in [-0.2, 0) is 9.53 Å². The number of ether oxygens (including phenoxy) is 1. The molecule has 0 saturated heterocycles. The molecule has 1 rings (SSSR count). The fraction of sp³-hybridized carbons (Fsp3) is 0.917. The molecule has 1 N–H and O–H groups in total. The Morgan fingerprint density at radius 1 is 1.50 bits per heavy atom. The average molecular weight is 248 g/mol. The molecule has 1 aliphatic carbocycles. The molecule has 0 heterocycles. The molecule has 0 radical (unpaired) electrons. The monoisotopic (exact) mass is 247 g/mol. The molecule has 3 nitrogen and oxygen atoms in total. The highest BCUT2D eigenvalue weighted by atomic mass is 35.5. The maximum atomic E-state index is 11.9. The summed E-state index contributed by atoms with van der Waals surface area (Å²) in [6, 6.07) is 0. The van der Waals surface area contributed by atoms with Gasteiger partial charge in [-0.15, -0.1) is 11.6 Å². The van der Waals surface area contributed by atoms with Crippen molar-refractivity contribution in [2.75, 3.05) is 20.3 Å². The van der Waals surface area contributed by atoms with Crippen LogP contribution in [-0.4, -0.2) is 31.5 Å². The summed E-state index contributed by atoms with van der Waals surface area (Å²) >= 11 is 5.98. The number of nitrogens with one attached hydrogen (secondary N) is 1. The first-order chi connectivity index (χ1) is 7.58. The van der Waals surface area contributed by atoms with Crippen LogP contribution in [0.3, 0.4) is 0 Å². The normalized spacial score (nSPS) is 20.7. The van der Waals surface area contributed by atoms with Crippen LogP contribution in [0.2, 0.25) is 0 Å². The Kier molecular flexibility index (Phi) is 5.56. The fourth-order valence-corrected chi connectivity index (χ4v) is 2.44. The van der Waals surface area contributed by atoms with E-state index in [0.717, 1.165) is 19.3 Å². The Bertz CT molecular complexity index is 227. The molecular formula is C12H22ClNO2. The molecule has 0 aromatic rings. The third-order valence-corrected chi connectivity index (χ3v) is 3.69. The van der Waals surface area contributed by atoms with Gasteiger partial charge < -0.3 is 10.1 Å². The lowest BCUT2D eigenvalue weighted by Crippen LogP contribution is -2.38. The summed E-state index contributed by atoms with van der Waals surface area (Å²) in [4.78, 5) is 11.9. The summed E-state index contributed by atoms with van der Waals surface area (Å²) < 4.78 is 4.94. The van der Waals surface area contributed by atoms with E-state index in [9.17, 15) is 4.79 Å². The van der Waals surface area contributed by atoms with E-state index in [-0.39, 0.29) is 16.7 Å². The van der Waals surface area contributed by atoms with Gasteiger partial charge in [0.05, 0.1) is 12.0 Å². The number of halogens is 1. The summed E-state index contributed by atoms with van der Waals surface area (Å²) in [5, 5.41) is 2.96. The Morgan fingerprint density at radius 2 is 2.12 bits per heavy atom. The molecule has 0 bridgehead atoms. The second-order valence-corrected chi connectivity index (χ2v) is 5.48. The highest BCUT2D eigenvalue weighted by molar-refractivity contribution is 6.20. The third-order valence-electron chi connectivity index (χ3n) is 3.35. The number of rotatable bonds is 6. The van der Waals surface area contributed by atoms with E-state index >= 15 is 0 Å². The standard InChI is InChI=1S/C12H22ClNO2/c1-12(6-3-4-7-12)11(15)14-8-5-10(13)9-16-2/h10H,3-9H2,1-2H3,(H,14,15). The van der Waals surface area contributed by atoms with E-state index in [1.54, 1.807) is 7.11 Å². The van der Waals surface area contributed by atoms with Crippen LogP contribution in [0.5, 0.6) is 0 Å². The van der Waals surface area contributed by atoms with Crippen molar-refractivity contribution in [2.24, 2.45) is 5.41 Å². The van der Waals surface area contributed by atoms with E-state index in [4.69, 9.17) is 16.3 Å². The van der Waals surface area contributed by atoms with E-state index < -0.39 is 0 Å². The highest BCUT2D eigenvalue weighted by Crippen LogP contribution is 2.37. The van der Waals surface area contributed by atoms with Gasteiger partial charge in [0, 0.05) is 19.1 Å². The predicted molar refractivity (Wildman–Crippen MR) is 65.7 cm³/mol. The van der Waals surface area contributed by atoms with Gasteiger partial charge >= 0.3 is 0 Å². The molecule has 0 aromatic heterocycles. The number of hydrogen-bond donors (Lipinski definition) is 1. The van der Waals surface area contributed by atoms with Crippen molar-refractivity contribution in [1.29, 1.82) is 0 Å². The second-order valence-electron chi connectivity index (χ2n) is 4.86. The molecule has 1 aliphatic rings. The lowest BCUT2D eigenvalue weighted by atomic mass is 9.88. The third kappa shape index (κ3) is 3.95. The molecule has 1 fully saturated rings. The van der Waals surface area contributed by atoms with Crippen LogP contribution in [0.25, 0.3) is 0 Å². The van der Waals surface area contributed by atoms with Gasteiger partial charge in [-0.25, -0.2) is 0 Å². The number of alkyl halides is 1. The molecule has 1 amide bonds. The number of carbonyl (C=O) groups excluding carboxylic acids is 1. The van der Waals surface area contributed by atoms with Crippen molar-refractivity contribution in [3.05, 3.63) is 0 Å². The SMILES string of the molecule is COCC(Cl)CCNC(=O)C1(C)CCCC1. The van der Waals surface area contributed by atoms with E-state index in [1.807, 2.05) is 0 Å². The van der Waals surface area contributed by atoms with Crippen molar-refractivity contribution in [1.82, 2.24) is 5.32 Å².